The van der Waals surface area contributed by atoms with Gasteiger partial charge in [0, 0.05) is 17.6 Å². The van der Waals surface area contributed by atoms with Crippen LogP contribution in [-0.4, -0.2) is 17.5 Å². The van der Waals surface area contributed by atoms with Crippen molar-refractivity contribution in [3.63, 3.8) is 0 Å². The molecule has 0 aromatic carbocycles. The highest BCUT2D eigenvalue weighted by Gasteiger charge is 1.97. The van der Waals surface area contributed by atoms with Gasteiger partial charge < -0.3 is 11.1 Å². The van der Waals surface area contributed by atoms with E-state index in [1.165, 1.54) is 19.3 Å². The second kappa shape index (κ2) is 10.5. The molecule has 1 heterocycles. The van der Waals surface area contributed by atoms with E-state index < -0.39 is 0 Å². The van der Waals surface area contributed by atoms with E-state index in [2.05, 4.69) is 22.2 Å². The summed E-state index contributed by atoms with van der Waals surface area (Å²) in [5, 5.41) is 6.16. The number of thiazole rings is 1. The van der Waals surface area contributed by atoms with Crippen LogP contribution in [0.25, 0.3) is 0 Å². The molecule has 1 aromatic heterocycles. The van der Waals surface area contributed by atoms with Crippen LogP contribution in [0.4, 0.5) is 0 Å². The first kappa shape index (κ1) is 17.6. The van der Waals surface area contributed by atoms with E-state index in [0.717, 1.165) is 23.7 Å². The minimum atomic E-state index is 0. The summed E-state index contributed by atoms with van der Waals surface area (Å²) >= 11 is 1.62. The lowest BCUT2D eigenvalue weighted by Gasteiger charge is -2.04. The van der Waals surface area contributed by atoms with Gasteiger partial charge in [-0.25, -0.2) is 9.98 Å². The van der Waals surface area contributed by atoms with E-state index in [4.69, 9.17) is 5.73 Å². The lowest BCUT2D eigenvalue weighted by atomic mass is 10.2. The Balaban J connectivity index is 0.00000289. The summed E-state index contributed by atoms with van der Waals surface area (Å²) in [7, 11) is 0. The van der Waals surface area contributed by atoms with Crippen LogP contribution in [0.5, 0.6) is 0 Å². The first-order valence-corrected chi connectivity index (χ1v) is 7.05. The maximum Gasteiger partial charge on any atom is 0.189 e. The number of nitrogens with one attached hydrogen (secondary N) is 1. The molecule has 0 saturated carbocycles. The number of nitrogens with zero attached hydrogens (tertiary/aromatic N) is 2. The van der Waals surface area contributed by atoms with Crippen molar-refractivity contribution < 1.29 is 0 Å². The van der Waals surface area contributed by atoms with Crippen LogP contribution in [0.2, 0.25) is 0 Å². The van der Waals surface area contributed by atoms with Crippen LogP contribution in [0.15, 0.2) is 10.4 Å². The van der Waals surface area contributed by atoms with Crippen molar-refractivity contribution in [1.82, 2.24) is 10.3 Å². The number of unbranched alkanes of at least 4 members (excludes halogenated alkanes) is 3. The molecule has 1 rings (SSSR count). The summed E-state index contributed by atoms with van der Waals surface area (Å²) in [6, 6.07) is 0. The van der Waals surface area contributed by atoms with Crippen LogP contribution < -0.4 is 11.1 Å². The fourth-order valence-electron chi connectivity index (χ4n) is 1.45. The summed E-state index contributed by atoms with van der Waals surface area (Å²) < 4.78 is 0. The van der Waals surface area contributed by atoms with Crippen molar-refractivity contribution in [3.8, 4) is 0 Å². The molecule has 3 N–H and O–H groups in total. The summed E-state index contributed by atoms with van der Waals surface area (Å²) in [4.78, 5) is 8.59. The molecular weight excluding hydrogens is 359 g/mol. The fourth-order valence-corrected chi connectivity index (χ4v) is 2.15. The van der Waals surface area contributed by atoms with E-state index in [0.29, 0.717) is 12.5 Å². The first-order chi connectivity index (χ1) is 8.22. The molecule has 0 aliphatic carbocycles. The van der Waals surface area contributed by atoms with Crippen LogP contribution in [-0.2, 0) is 6.54 Å². The van der Waals surface area contributed by atoms with Gasteiger partial charge in [0.05, 0.1) is 6.54 Å². The quantitative estimate of drug-likeness (QED) is 0.330. The minimum Gasteiger partial charge on any atom is -0.370 e. The van der Waals surface area contributed by atoms with Crippen LogP contribution in [0.1, 0.15) is 43.3 Å². The highest BCUT2D eigenvalue weighted by Crippen LogP contribution is 2.09. The normalized spacial score (nSPS) is 11.1. The van der Waals surface area contributed by atoms with Gasteiger partial charge in [0.2, 0.25) is 0 Å². The molecule has 0 bridgehead atoms. The zero-order chi connectivity index (χ0) is 12.5. The molecule has 0 fully saturated rings. The highest BCUT2D eigenvalue weighted by molar-refractivity contribution is 14.0. The Kier molecular flexibility index (Phi) is 10.3. The smallest absolute Gasteiger partial charge is 0.189 e. The monoisotopic (exact) mass is 382 g/mol. The van der Waals surface area contributed by atoms with Gasteiger partial charge in [-0.3, -0.25) is 0 Å². The van der Waals surface area contributed by atoms with Crippen molar-refractivity contribution in [2.24, 2.45) is 10.7 Å². The Morgan fingerprint density at radius 2 is 2.22 bits per heavy atom. The Morgan fingerprint density at radius 3 is 2.83 bits per heavy atom. The molecule has 1 aromatic rings. The molecule has 0 unspecified atom stereocenters. The molecule has 0 spiro atoms. The number of halogens is 1. The number of guanidine groups is 1. The predicted octanol–water partition coefficient (Wildman–Crippen LogP) is 3.05. The van der Waals surface area contributed by atoms with Crippen molar-refractivity contribution in [2.75, 3.05) is 6.54 Å². The Labute approximate surface area is 131 Å². The summed E-state index contributed by atoms with van der Waals surface area (Å²) in [6.45, 7) is 5.68. The lowest BCUT2D eigenvalue weighted by Crippen LogP contribution is -2.32. The fraction of sp³-hybridized carbons (Fsp3) is 0.667. The third-order valence-electron chi connectivity index (χ3n) is 2.39. The Morgan fingerprint density at radius 1 is 1.44 bits per heavy atom. The highest BCUT2D eigenvalue weighted by atomic mass is 127. The number of aliphatic imine (C=N–C) groups is 1. The average molecular weight is 382 g/mol. The van der Waals surface area contributed by atoms with E-state index in [-0.39, 0.29) is 24.0 Å². The van der Waals surface area contributed by atoms with Crippen molar-refractivity contribution >= 4 is 41.3 Å². The van der Waals surface area contributed by atoms with Gasteiger partial charge in [0.25, 0.3) is 0 Å². The van der Waals surface area contributed by atoms with Gasteiger partial charge >= 0.3 is 0 Å². The van der Waals surface area contributed by atoms with Crippen molar-refractivity contribution in [1.29, 1.82) is 0 Å². The first-order valence-electron chi connectivity index (χ1n) is 6.17. The van der Waals surface area contributed by atoms with Gasteiger partial charge in [-0.2, -0.15) is 0 Å². The number of nitrogens with two attached hydrogens (primary N) is 1. The molecule has 4 nitrogen and oxygen atoms in total. The number of aromatic nitrogens is 1. The number of hydrogen-bond acceptors (Lipinski definition) is 3. The van der Waals surface area contributed by atoms with Gasteiger partial charge in [0.1, 0.15) is 5.01 Å². The third-order valence-corrected chi connectivity index (χ3v) is 3.34. The van der Waals surface area contributed by atoms with Crippen molar-refractivity contribution in [2.45, 2.75) is 46.1 Å². The molecule has 0 amide bonds. The molecule has 0 aliphatic rings. The van der Waals surface area contributed by atoms with Crippen LogP contribution in [0, 0.1) is 6.92 Å². The number of hydrogen-bond donors (Lipinski definition) is 2. The van der Waals surface area contributed by atoms with Crippen LogP contribution >= 0.6 is 35.3 Å². The summed E-state index contributed by atoms with van der Waals surface area (Å²) in [5.74, 6) is 0.523. The predicted molar refractivity (Wildman–Crippen MR) is 89.7 cm³/mol. The summed E-state index contributed by atoms with van der Waals surface area (Å²) in [5.41, 5.74) is 6.81. The van der Waals surface area contributed by atoms with E-state index >= 15 is 0 Å². The van der Waals surface area contributed by atoms with Gasteiger partial charge in [0.15, 0.2) is 5.96 Å². The SMILES string of the molecule is CCCCCCNC(N)=NCc1nc(C)cs1.I. The van der Waals surface area contributed by atoms with E-state index in [1.54, 1.807) is 11.3 Å². The average Bonchev–Trinajstić information content (AvgIpc) is 2.72. The molecule has 0 saturated heterocycles. The molecule has 104 valence electrons. The van der Waals surface area contributed by atoms with E-state index in [1.807, 2.05) is 12.3 Å². The lowest BCUT2D eigenvalue weighted by molar-refractivity contribution is 0.652. The summed E-state index contributed by atoms with van der Waals surface area (Å²) in [6.07, 6.45) is 4.95. The zero-order valence-electron chi connectivity index (χ0n) is 11.1. The molecule has 0 atom stereocenters. The van der Waals surface area contributed by atoms with Gasteiger partial charge in [-0.05, 0) is 13.3 Å². The standard InChI is InChI=1S/C12H22N4S.HI/c1-3-4-5-6-7-14-12(13)15-8-11-16-10(2)9-17-11;/h9H,3-8H2,1-2H3,(H3,13,14,15);1H. The minimum absolute atomic E-state index is 0. The Hall–Kier alpha value is -0.370. The molecule has 0 aliphatic heterocycles. The topological polar surface area (TPSA) is 63.3 Å². The third kappa shape index (κ3) is 7.86. The largest absolute Gasteiger partial charge is 0.370 e. The number of aryl methyl sites for hydroxylation is 1. The molecule has 0 radical (unpaired) electrons. The second-order valence-corrected chi connectivity index (χ2v) is 5.01. The molecular formula is C12H23IN4S. The second-order valence-electron chi connectivity index (χ2n) is 4.07. The van der Waals surface area contributed by atoms with Gasteiger partial charge in [-0.15, -0.1) is 35.3 Å². The molecule has 18 heavy (non-hydrogen) atoms. The zero-order valence-corrected chi connectivity index (χ0v) is 14.3. The Bertz CT molecular complexity index is 352. The van der Waals surface area contributed by atoms with Crippen molar-refractivity contribution in [3.05, 3.63) is 16.1 Å². The maximum absolute atomic E-state index is 5.76. The van der Waals surface area contributed by atoms with Crippen LogP contribution in [0.3, 0.4) is 0 Å². The number of rotatable bonds is 7. The molecule has 6 heteroatoms. The van der Waals surface area contributed by atoms with Gasteiger partial charge in [-0.1, -0.05) is 26.2 Å². The maximum atomic E-state index is 5.76. The van der Waals surface area contributed by atoms with E-state index in [9.17, 15) is 0 Å².